The van der Waals surface area contributed by atoms with E-state index in [0.29, 0.717) is 0 Å². The number of anilines is 1. The Hall–Kier alpha value is -0.130. The molecule has 1 atom stereocenters. The van der Waals surface area contributed by atoms with Crippen molar-refractivity contribution in [3.8, 4) is 0 Å². The van der Waals surface area contributed by atoms with Crippen LogP contribution in [-0.2, 0) is 0 Å². The lowest BCUT2D eigenvalue weighted by Crippen LogP contribution is -2.14. The van der Waals surface area contributed by atoms with Gasteiger partial charge >= 0.3 is 0 Å². The van der Waals surface area contributed by atoms with Crippen molar-refractivity contribution in [1.29, 1.82) is 0 Å². The van der Waals surface area contributed by atoms with Gasteiger partial charge in [0.1, 0.15) is 4.60 Å². The molecule has 0 aromatic carbocycles. The molecule has 0 saturated heterocycles. The zero-order valence-electron chi connectivity index (χ0n) is 6.75. The molecule has 1 unspecified atom stereocenters. The van der Waals surface area contributed by atoms with E-state index in [1.54, 1.807) is 11.3 Å². The van der Waals surface area contributed by atoms with Crippen molar-refractivity contribution < 1.29 is 5.11 Å². The van der Waals surface area contributed by atoms with Gasteiger partial charge in [-0.05, 0) is 21.8 Å². The first-order valence-electron chi connectivity index (χ1n) is 3.68. The maximum Gasteiger partial charge on any atom is 0.183 e. The number of hydrogen-bond acceptors (Lipinski definition) is 4. The summed E-state index contributed by atoms with van der Waals surface area (Å²) in [4.78, 5) is 4.16. The summed E-state index contributed by atoms with van der Waals surface area (Å²) >= 11 is 4.82. The molecule has 1 aromatic heterocycles. The number of thiazole rings is 1. The second-order valence-electron chi connectivity index (χ2n) is 2.64. The van der Waals surface area contributed by atoms with E-state index in [1.807, 2.05) is 12.3 Å². The van der Waals surface area contributed by atoms with Gasteiger partial charge in [-0.25, -0.2) is 4.98 Å². The highest BCUT2D eigenvalue weighted by Crippen LogP contribution is 2.19. The lowest BCUT2D eigenvalue weighted by Gasteiger charge is -2.07. The third-order valence-electron chi connectivity index (χ3n) is 1.39. The standard InChI is InChI=1S/C7H11BrN2OS/c1-5(3-11)2-9-7-10-6(8)4-12-7/h4-5,11H,2-3H2,1H3,(H,9,10). The Morgan fingerprint density at radius 2 is 2.58 bits per heavy atom. The molecule has 0 spiro atoms. The summed E-state index contributed by atoms with van der Waals surface area (Å²) in [7, 11) is 0. The highest BCUT2D eigenvalue weighted by Gasteiger charge is 2.01. The lowest BCUT2D eigenvalue weighted by molar-refractivity contribution is 0.244. The van der Waals surface area contributed by atoms with Gasteiger partial charge < -0.3 is 10.4 Å². The molecule has 1 heterocycles. The predicted molar refractivity (Wildman–Crippen MR) is 54.6 cm³/mol. The Labute approximate surface area is 84.0 Å². The van der Waals surface area contributed by atoms with E-state index in [2.05, 4.69) is 26.2 Å². The van der Waals surface area contributed by atoms with Crippen LogP contribution in [0.1, 0.15) is 6.92 Å². The molecule has 0 aliphatic rings. The smallest absolute Gasteiger partial charge is 0.183 e. The van der Waals surface area contributed by atoms with Crippen molar-refractivity contribution >= 4 is 32.4 Å². The van der Waals surface area contributed by atoms with Crippen LogP contribution in [0.3, 0.4) is 0 Å². The number of hydrogen-bond donors (Lipinski definition) is 2. The molecular weight excluding hydrogens is 240 g/mol. The van der Waals surface area contributed by atoms with Crippen LogP contribution < -0.4 is 5.32 Å². The van der Waals surface area contributed by atoms with Crippen LogP contribution in [0.5, 0.6) is 0 Å². The van der Waals surface area contributed by atoms with Crippen molar-refractivity contribution in [1.82, 2.24) is 4.98 Å². The molecule has 0 saturated carbocycles. The van der Waals surface area contributed by atoms with E-state index in [-0.39, 0.29) is 12.5 Å². The minimum atomic E-state index is 0.208. The maximum atomic E-state index is 8.75. The largest absolute Gasteiger partial charge is 0.396 e. The van der Waals surface area contributed by atoms with Gasteiger partial charge in [0.05, 0.1) is 0 Å². The second-order valence-corrected chi connectivity index (χ2v) is 4.31. The number of halogens is 1. The Bertz CT molecular complexity index is 241. The maximum absolute atomic E-state index is 8.75. The SMILES string of the molecule is CC(CO)CNc1nc(Br)cs1. The molecule has 12 heavy (non-hydrogen) atoms. The van der Waals surface area contributed by atoms with E-state index < -0.39 is 0 Å². The van der Waals surface area contributed by atoms with Crippen LogP contribution in [-0.4, -0.2) is 23.2 Å². The van der Waals surface area contributed by atoms with Crippen LogP contribution in [0.2, 0.25) is 0 Å². The quantitative estimate of drug-likeness (QED) is 0.859. The van der Waals surface area contributed by atoms with Crippen molar-refractivity contribution in [2.45, 2.75) is 6.92 Å². The van der Waals surface area contributed by atoms with Crippen LogP contribution >= 0.6 is 27.3 Å². The van der Waals surface area contributed by atoms with Gasteiger partial charge in [0.2, 0.25) is 0 Å². The van der Waals surface area contributed by atoms with Crippen molar-refractivity contribution in [3.63, 3.8) is 0 Å². The van der Waals surface area contributed by atoms with Crippen LogP contribution in [0.4, 0.5) is 5.13 Å². The predicted octanol–water partition coefficient (Wildman–Crippen LogP) is 1.95. The molecule has 0 bridgehead atoms. The first kappa shape index (κ1) is 9.95. The number of nitrogens with zero attached hydrogens (tertiary/aromatic N) is 1. The third-order valence-corrected chi connectivity index (χ3v) is 2.90. The van der Waals surface area contributed by atoms with Gasteiger partial charge in [0, 0.05) is 18.5 Å². The summed E-state index contributed by atoms with van der Waals surface area (Å²) in [5.41, 5.74) is 0. The first-order valence-corrected chi connectivity index (χ1v) is 5.35. The first-order chi connectivity index (χ1) is 5.72. The van der Waals surface area contributed by atoms with E-state index >= 15 is 0 Å². The van der Waals surface area contributed by atoms with E-state index in [1.165, 1.54) is 0 Å². The molecule has 3 nitrogen and oxygen atoms in total. The topological polar surface area (TPSA) is 45.1 Å². The second kappa shape index (κ2) is 4.79. The monoisotopic (exact) mass is 250 g/mol. The zero-order chi connectivity index (χ0) is 8.97. The molecule has 1 rings (SSSR count). The number of rotatable bonds is 4. The fraction of sp³-hybridized carbons (Fsp3) is 0.571. The third kappa shape index (κ3) is 3.08. The molecule has 2 N–H and O–H groups in total. The molecule has 68 valence electrons. The molecule has 0 aliphatic carbocycles. The minimum absolute atomic E-state index is 0.208. The molecule has 0 radical (unpaired) electrons. The summed E-state index contributed by atoms with van der Waals surface area (Å²) in [5.74, 6) is 0.271. The average Bonchev–Trinajstić information content (AvgIpc) is 2.47. The summed E-state index contributed by atoms with van der Waals surface area (Å²) in [6, 6.07) is 0. The Morgan fingerprint density at radius 1 is 1.83 bits per heavy atom. The van der Waals surface area contributed by atoms with Gasteiger partial charge in [-0.1, -0.05) is 6.92 Å². The van der Waals surface area contributed by atoms with Crippen LogP contribution in [0, 0.1) is 5.92 Å². The number of aliphatic hydroxyl groups excluding tert-OH is 1. The molecule has 0 amide bonds. The number of aliphatic hydroxyl groups is 1. The Kier molecular flexibility index (Phi) is 3.97. The van der Waals surface area contributed by atoms with Gasteiger partial charge in [-0.15, -0.1) is 11.3 Å². The Balaban J connectivity index is 2.33. The van der Waals surface area contributed by atoms with Crippen molar-refractivity contribution in [2.24, 2.45) is 5.92 Å². The highest BCUT2D eigenvalue weighted by atomic mass is 79.9. The zero-order valence-corrected chi connectivity index (χ0v) is 9.15. The van der Waals surface area contributed by atoms with Gasteiger partial charge in [0.15, 0.2) is 5.13 Å². The summed E-state index contributed by atoms with van der Waals surface area (Å²) in [6.45, 7) is 2.95. The number of aromatic nitrogens is 1. The van der Waals surface area contributed by atoms with E-state index in [9.17, 15) is 0 Å². The van der Waals surface area contributed by atoms with Gasteiger partial charge in [-0.3, -0.25) is 0 Å². The molecular formula is C7H11BrN2OS. The fourth-order valence-corrected chi connectivity index (χ4v) is 1.82. The fourth-order valence-electron chi connectivity index (χ4n) is 0.661. The van der Waals surface area contributed by atoms with Crippen LogP contribution in [0.25, 0.3) is 0 Å². The van der Waals surface area contributed by atoms with Crippen molar-refractivity contribution in [2.75, 3.05) is 18.5 Å². The summed E-state index contributed by atoms with van der Waals surface area (Å²) in [6.07, 6.45) is 0. The van der Waals surface area contributed by atoms with Crippen LogP contribution in [0.15, 0.2) is 9.98 Å². The molecule has 1 aromatic rings. The van der Waals surface area contributed by atoms with Gasteiger partial charge in [0.25, 0.3) is 0 Å². The van der Waals surface area contributed by atoms with E-state index in [4.69, 9.17) is 5.11 Å². The normalized spacial score (nSPS) is 12.9. The minimum Gasteiger partial charge on any atom is -0.396 e. The molecule has 0 fully saturated rings. The Morgan fingerprint density at radius 3 is 3.08 bits per heavy atom. The number of nitrogens with one attached hydrogen (secondary N) is 1. The average molecular weight is 251 g/mol. The molecule has 5 heteroatoms. The van der Waals surface area contributed by atoms with Gasteiger partial charge in [-0.2, -0.15) is 0 Å². The van der Waals surface area contributed by atoms with Crippen molar-refractivity contribution in [3.05, 3.63) is 9.98 Å². The lowest BCUT2D eigenvalue weighted by atomic mass is 10.2. The molecule has 0 aliphatic heterocycles. The summed E-state index contributed by atoms with van der Waals surface area (Å²) < 4.78 is 0.853. The highest BCUT2D eigenvalue weighted by molar-refractivity contribution is 9.10. The van der Waals surface area contributed by atoms with E-state index in [0.717, 1.165) is 16.3 Å². The summed E-state index contributed by atoms with van der Waals surface area (Å²) in [5, 5.41) is 14.7.